The van der Waals surface area contributed by atoms with Gasteiger partial charge in [-0.25, -0.2) is 5.19 Å². The summed E-state index contributed by atoms with van der Waals surface area (Å²) in [6.07, 6.45) is 0. The van der Waals surface area contributed by atoms with Crippen LogP contribution in [0, 0.1) is 35.1 Å². The van der Waals surface area contributed by atoms with E-state index in [2.05, 4.69) is 65.1 Å². The van der Waals surface area contributed by atoms with Crippen LogP contribution in [0.5, 0.6) is 0 Å². The van der Waals surface area contributed by atoms with Crippen molar-refractivity contribution in [1.29, 1.82) is 0 Å². The molecule has 0 bridgehead atoms. The van der Waals surface area contributed by atoms with Crippen molar-refractivity contribution in [3.63, 3.8) is 0 Å². The summed E-state index contributed by atoms with van der Waals surface area (Å²) < 4.78 is 0. The molecular weight excluding hydrogens is 347 g/mol. The van der Waals surface area contributed by atoms with E-state index in [0.29, 0.717) is 0 Å². The topological polar surface area (TPSA) is 14.1 Å². The average Bonchev–Trinajstić information content (AvgIpc) is 2.55. The Kier molecular flexibility index (Phi) is 7.69. The molecule has 0 aromatic heterocycles. The summed E-state index contributed by atoms with van der Waals surface area (Å²) in [6.45, 7) is 13.6. The normalized spacial score (nSPS) is 10.6. The van der Waals surface area contributed by atoms with E-state index < -0.39 is 8.24 Å². The maximum atomic E-state index is 5.08. The molecule has 0 atom stereocenters. The molecule has 0 saturated heterocycles. The van der Waals surface area contributed by atoms with E-state index in [-0.39, 0.29) is 40.1 Å². The molecule has 0 saturated carbocycles. The second-order valence-electron chi connectivity index (χ2n) is 5.88. The van der Waals surface area contributed by atoms with Crippen LogP contribution in [0.25, 0.3) is 4.98 Å². The Morgan fingerprint density at radius 2 is 1.48 bits per heavy atom. The predicted octanol–water partition coefficient (Wildman–Crippen LogP) is 5.20. The Morgan fingerprint density at radius 3 is 1.90 bits per heavy atom. The fourth-order valence-electron chi connectivity index (χ4n) is 3.02. The monoisotopic (exact) mass is 373 g/mol. The largest absolute Gasteiger partial charge is 3.00 e. The van der Waals surface area contributed by atoms with E-state index in [1.54, 1.807) is 0 Å². The standard InChI is InChI=1S/C17H23NSi.CH3.Y/c1-12-13(2)15(4)17(14(12)3)19(5,6)18-16-10-8-7-9-11-16;;/h7-11H,1-6H3;1H3;/q-2;-1;+3. The first-order chi connectivity index (χ1) is 8.84. The van der Waals surface area contributed by atoms with Crippen molar-refractivity contribution in [3.05, 3.63) is 65.0 Å². The van der Waals surface area contributed by atoms with Gasteiger partial charge in [0.15, 0.2) is 0 Å². The summed E-state index contributed by atoms with van der Waals surface area (Å²) >= 11 is 0. The van der Waals surface area contributed by atoms with Crippen LogP contribution in [-0.4, -0.2) is 8.24 Å². The van der Waals surface area contributed by atoms with Gasteiger partial charge in [0.25, 0.3) is 0 Å². The van der Waals surface area contributed by atoms with E-state index in [1.807, 2.05) is 6.07 Å². The third kappa shape index (κ3) is 4.12. The maximum Gasteiger partial charge on any atom is 3.00 e. The maximum absolute atomic E-state index is 5.08. The van der Waals surface area contributed by atoms with Gasteiger partial charge in [-0.05, 0) is 0 Å². The first-order valence-electron chi connectivity index (χ1n) is 6.86. The van der Waals surface area contributed by atoms with E-state index in [4.69, 9.17) is 4.98 Å². The zero-order chi connectivity index (χ0) is 14.2. The van der Waals surface area contributed by atoms with Crippen LogP contribution in [0.1, 0.15) is 22.3 Å². The van der Waals surface area contributed by atoms with Crippen LogP contribution in [0.15, 0.2) is 30.3 Å². The molecule has 0 aliphatic carbocycles. The molecule has 0 heterocycles. The molecule has 0 radical (unpaired) electrons. The molecule has 0 N–H and O–H groups in total. The smallest absolute Gasteiger partial charge is 0.693 e. The quantitative estimate of drug-likeness (QED) is 0.518. The number of benzene rings is 1. The third-order valence-electron chi connectivity index (χ3n) is 4.21. The van der Waals surface area contributed by atoms with Gasteiger partial charge < -0.3 is 12.4 Å². The Hall–Kier alpha value is -0.309. The molecule has 110 valence electrons. The molecule has 21 heavy (non-hydrogen) atoms. The summed E-state index contributed by atoms with van der Waals surface area (Å²) in [6, 6.07) is 10.4. The van der Waals surface area contributed by atoms with Crippen molar-refractivity contribution in [2.45, 2.75) is 40.8 Å². The second-order valence-corrected chi connectivity index (χ2v) is 9.72. The second kappa shape index (κ2) is 7.80. The Balaban J connectivity index is 0.00000200. The molecule has 0 aliphatic heterocycles. The number of nitrogens with zero attached hydrogens (tertiary/aromatic N) is 1. The molecule has 2 aromatic carbocycles. The fourth-order valence-corrected chi connectivity index (χ4v) is 6.13. The van der Waals surface area contributed by atoms with Gasteiger partial charge in [-0.2, -0.15) is 22.3 Å². The summed E-state index contributed by atoms with van der Waals surface area (Å²) in [4.78, 5) is 5.08. The van der Waals surface area contributed by atoms with Gasteiger partial charge in [-0.3, -0.25) is 0 Å². The van der Waals surface area contributed by atoms with E-state index >= 15 is 0 Å². The Bertz CT molecular complexity index is 560. The SMILES string of the molecule is Cc1c([Si](C)(C)[N-]c2ccccc2)c(C)[c-](C)c1C.[CH3-].[Y+3]. The minimum Gasteiger partial charge on any atom is -0.693 e. The van der Waals surface area contributed by atoms with E-state index in [1.165, 1.54) is 27.4 Å². The van der Waals surface area contributed by atoms with E-state index in [9.17, 15) is 0 Å². The van der Waals surface area contributed by atoms with Crippen molar-refractivity contribution in [1.82, 2.24) is 0 Å². The fraction of sp³-hybridized carbons (Fsp3) is 0.333. The van der Waals surface area contributed by atoms with Gasteiger partial charge in [0.2, 0.25) is 0 Å². The van der Waals surface area contributed by atoms with Crippen molar-refractivity contribution in [3.8, 4) is 0 Å². The first kappa shape index (κ1) is 20.7. The molecule has 2 rings (SSSR count). The average molecular weight is 373 g/mol. The Morgan fingerprint density at radius 1 is 0.952 bits per heavy atom. The molecule has 2 aromatic rings. The minimum atomic E-state index is -1.79. The molecule has 1 nitrogen and oxygen atoms in total. The molecule has 0 aliphatic rings. The van der Waals surface area contributed by atoms with Gasteiger partial charge >= 0.3 is 32.7 Å². The van der Waals surface area contributed by atoms with Crippen LogP contribution in [-0.2, 0) is 32.7 Å². The van der Waals surface area contributed by atoms with Crippen molar-refractivity contribution in [2.75, 3.05) is 0 Å². The van der Waals surface area contributed by atoms with Crippen molar-refractivity contribution in [2.24, 2.45) is 0 Å². The predicted molar refractivity (Wildman–Crippen MR) is 94.0 cm³/mol. The molecule has 0 spiro atoms. The van der Waals surface area contributed by atoms with Gasteiger partial charge in [0, 0.05) is 0 Å². The summed E-state index contributed by atoms with van der Waals surface area (Å²) in [7, 11) is -1.79. The third-order valence-corrected chi connectivity index (χ3v) is 7.00. The first-order valence-corrected chi connectivity index (χ1v) is 9.81. The zero-order valence-electron chi connectivity index (χ0n) is 14.4. The molecule has 3 heteroatoms. The molecular formula is C18H26NSiY. The van der Waals surface area contributed by atoms with Crippen LogP contribution in [0.2, 0.25) is 13.1 Å². The Labute approximate surface area is 156 Å². The van der Waals surface area contributed by atoms with E-state index in [0.717, 1.165) is 5.69 Å². The van der Waals surface area contributed by atoms with Crippen LogP contribution >= 0.6 is 0 Å². The van der Waals surface area contributed by atoms with Crippen LogP contribution < -0.4 is 5.19 Å². The van der Waals surface area contributed by atoms with Gasteiger partial charge in [0.05, 0.1) is 0 Å². The minimum absolute atomic E-state index is 0. The summed E-state index contributed by atoms with van der Waals surface area (Å²) in [5.74, 6) is 0. The zero-order valence-corrected chi connectivity index (χ0v) is 18.2. The van der Waals surface area contributed by atoms with Crippen molar-refractivity contribution >= 4 is 19.1 Å². The number of hydrogen-bond acceptors (Lipinski definition) is 0. The number of hydrogen-bond donors (Lipinski definition) is 0. The van der Waals surface area contributed by atoms with Crippen molar-refractivity contribution < 1.29 is 32.7 Å². The number of rotatable bonds is 3. The van der Waals surface area contributed by atoms with Gasteiger partial charge in [-0.1, -0.05) is 79.4 Å². The van der Waals surface area contributed by atoms with Crippen LogP contribution in [0.4, 0.5) is 5.69 Å². The summed E-state index contributed by atoms with van der Waals surface area (Å²) in [5, 5.41) is 1.52. The molecule has 0 amide bonds. The molecule has 0 fully saturated rings. The molecule has 0 unspecified atom stereocenters. The van der Waals surface area contributed by atoms with Gasteiger partial charge in [-0.15, -0.1) is 5.69 Å². The van der Waals surface area contributed by atoms with Crippen LogP contribution in [0.3, 0.4) is 0 Å². The summed E-state index contributed by atoms with van der Waals surface area (Å²) in [5.41, 5.74) is 6.89. The van der Waals surface area contributed by atoms with Gasteiger partial charge in [0.1, 0.15) is 0 Å².